The molecule has 0 aromatic carbocycles. The van der Waals surface area contributed by atoms with Crippen LogP contribution in [0.1, 0.15) is 0 Å². The molecular formula is C9H8BO2. The highest BCUT2D eigenvalue weighted by atomic mass is 16.4. The van der Waals surface area contributed by atoms with E-state index in [1.165, 1.54) is 0 Å². The van der Waals surface area contributed by atoms with Crippen LogP contribution < -0.4 is 0 Å². The fraction of sp³-hybridized carbons (Fsp3) is 0. The Morgan fingerprint density at radius 3 is 2.58 bits per heavy atom. The largest absolute Gasteiger partial charge is 0.478 e. The zero-order valence-electron chi connectivity index (χ0n) is 6.47. The molecule has 1 N–H and O–H groups in total. The van der Waals surface area contributed by atoms with E-state index in [-0.39, 0.29) is 5.47 Å². The van der Waals surface area contributed by atoms with Gasteiger partial charge in [0.15, 0.2) is 7.28 Å². The molecule has 12 heavy (non-hydrogen) atoms. The lowest BCUT2D eigenvalue weighted by Crippen LogP contribution is -2.06. The quantitative estimate of drug-likeness (QED) is 0.585. The molecule has 3 heteroatoms. The van der Waals surface area contributed by atoms with Crippen molar-refractivity contribution in [1.29, 1.82) is 0 Å². The van der Waals surface area contributed by atoms with Gasteiger partial charge in [0.25, 0.3) is 0 Å². The summed E-state index contributed by atoms with van der Waals surface area (Å²) in [6, 6.07) is 0. The van der Waals surface area contributed by atoms with Gasteiger partial charge in [-0.1, -0.05) is 36.5 Å². The molecule has 0 saturated heterocycles. The SMILES string of the molecule is O=C(O)C1=CC=CC=CC=C[B]1. The second-order valence-electron chi connectivity index (χ2n) is 2.25. The first-order valence-corrected chi connectivity index (χ1v) is 3.59. The van der Waals surface area contributed by atoms with Crippen molar-refractivity contribution in [1.82, 2.24) is 0 Å². The standard InChI is InChI=1S/C9H8BO2/c11-9(12)8-6-4-2-1-3-5-7-10-8/h1-7H,(H,11,12). The van der Waals surface area contributed by atoms with E-state index in [2.05, 4.69) is 0 Å². The Bertz CT molecular complexity index is 285. The number of allylic oxidation sites excluding steroid dienone is 6. The third-order valence-electron chi connectivity index (χ3n) is 1.35. The highest BCUT2D eigenvalue weighted by molar-refractivity contribution is 6.58. The minimum Gasteiger partial charge on any atom is -0.478 e. The van der Waals surface area contributed by atoms with Gasteiger partial charge in [-0.3, -0.25) is 0 Å². The van der Waals surface area contributed by atoms with Crippen molar-refractivity contribution in [2.75, 3.05) is 0 Å². The van der Waals surface area contributed by atoms with E-state index < -0.39 is 5.97 Å². The fourth-order valence-corrected chi connectivity index (χ4v) is 0.773. The molecule has 0 atom stereocenters. The van der Waals surface area contributed by atoms with E-state index in [1.54, 1.807) is 37.6 Å². The second-order valence-corrected chi connectivity index (χ2v) is 2.25. The molecule has 0 saturated carbocycles. The predicted molar refractivity (Wildman–Crippen MR) is 48.9 cm³/mol. The highest BCUT2D eigenvalue weighted by Crippen LogP contribution is 1.96. The molecule has 0 aromatic rings. The first-order valence-electron chi connectivity index (χ1n) is 3.59. The van der Waals surface area contributed by atoms with Gasteiger partial charge in [0.05, 0.1) is 0 Å². The van der Waals surface area contributed by atoms with Crippen LogP contribution in [0.4, 0.5) is 0 Å². The molecule has 0 spiro atoms. The highest BCUT2D eigenvalue weighted by Gasteiger charge is 2.03. The number of hydrogen-bond donors (Lipinski definition) is 1. The van der Waals surface area contributed by atoms with Crippen molar-refractivity contribution >= 4 is 13.2 Å². The number of carboxylic acids is 1. The minimum atomic E-state index is -0.911. The van der Waals surface area contributed by atoms with Crippen molar-refractivity contribution in [3.8, 4) is 0 Å². The van der Waals surface area contributed by atoms with Crippen molar-refractivity contribution in [3.63, 3.8) is 0 Å². The van der Waals surface area contributed by atoms with Crippen molar-refractivity contribution in [2.24, 2.45) is 0 Å². The predicted octanol–water partition coefficient (Wildman–Crippen LogP) is 1.30. The summed E-state index contributed by atoms with van der Waals surface area (Å²) in [4.78, 5) is 10.5. The van der Waals surface area contributed by atoms with Gasteiger partial charge >= 0.3 is 5.97 Å². The Hall–Kier alpha value is -1.51. The van der Waals surface area contributed by atoms with Crippen molar-refractivity contribution < 1.29 is 9.90 Å². The third-order valence-corrected chi connectivity index (χ3v) is 1.35. The normalized spacial score (nSPS) is 15.5. The lowest BCUT2D eigenvalue weighted by molar-refractivity contribution is -0.131. The molecule has 0 aromatic heterocycles. The third kappa shape index (κ3) is 2.62. The van der Waals surface area contributed by atoms with Crippen LogP contribution in [0.5, 0.6) is 0 Å². The average molecular weight is 159 g/mol. The summed E-state index contributed by atoms with van der Waals surface area (Å²) in [5.74, 6) is 0.787. The molecule has 1 rings (SSSR count). The monoisotopic (exact) mass is 159 g/mol. The average Bonchev–Trinajstić information content (AvgIpc) is 2.15. The lowest BCUT2D eigenvalue weighted by atomic mass is 9.69. The van der Waals surface area contributed by atoms with Crippen LogP contribution in [0.15, 0.2) is 47.9 Å². The lowest BCUT2D eigenvalue weighted by Gasteiger charge is -1.92. The summed E-state index contributed by atoms with van der Waals surface area (Å²) in [6.07, 6.45) is 10.5. The molecule has 0 bridgehead atoms. The Labute approximate surface area is 71.8 Å². The Kier molecular flexibility index (Phi) is 3.14. The summed E-state index contributed by atoms with van der Waals surface area (Å²) in [5.41, 5.74) is 0.284. The number of hydrogen-bond acceptors (Lipinski definition) is 1. The maximum Gasteiger partial charge on any atom is 0.322 e. The van der Waals surface area contributed by atoms with Crippen LogP contribution in [-0.4, -0.2) is 18.4 Å². The molecule has 0 unspecified atom stereocenters. The molecule has 1 aliphatic heterocycles. The summed E-state index contributed by atoms with van der Waals surface area (Å²) >= 11 is 0. The maximum absolute atomic E-state index is 10.5. The van der Waals surface area contributed by atoms with Crippen LogP contribution in [0.2, 0.25) is 0 Å². The smallest absolute Gasteiger partial charge is 0.322 e. The molecule has 2 nitrogen and oxygen atoms in total. The number of carbonyl (C=O) groups is 1. The molecule has 1 radical (unpaired) electrons. The molecule has 1 aliphatic rings. The second kappa shape index (κ2) is 4.39. The summed E-state index contributed by atoms with van der Waals surface area (Å²) < 4.78 is 0. The minimum absolute atomic E-state index is 0.284. The van der Waals surface area contributed by atoms with E-state index in [1.807, 2.05) is 12.2 Å². The topological polar surface area (TPSA) is 37.3 Å². The zero-order chi connectivity index (χ0) is 8.81. The summed E-state index contributed by atoms with van der Waals surface area (Å²) in [5, 5.41) is 8.66. The molecular weight excluding hydrogens is 151 g/mol. The summed E-state index contributed by atoms with van der Waals surface area (Å²) in [6.45, 7) is 0. The van der Waals surface area contributed by atoms with E-state index in [0.717, 1.165) is 0 Å². The number of carboxylic acid groups (broad SMARTS) is 1. The first kappa shape index (κ1) is 8.59. The van der Waals surface area contributed by atoms with Gasteiger partial charge in [-0.25, -0.2) is 4.79 Å². The van der Waals surface area contributed by atoms with Gasteiger partial charge in [-0.05, 0) is 0 Å². The molecule has 0 fully saturated rings. The zero-order valence-corrected chi connectivity index (χ0v) is 6.47. The van der Waals surface area contributed by atoms with Gasteiger partial charge in [0.1, 0.15) is 0 Å². The number of aliphatic carboxylic acids is 1. The van der Waals surface area contributed by atoms with Gasteiger partial charge in [-0.2, -0.15) is 0 Å². The fourth-order valence-electron chi connectivity index (χ4n) is 0.773. The molecule has 1 heterocycles. The van der Waals surface area contributed by atoms with Crippen LogP contribution in [-0.2, 0) is 4.79 Å². The van der Waals surface area contributed by atoms with Gasteiger partial charge in [0, 0.05) is 5.47 Å². The van der Waals surface area contributed by atoms with Crippen LogP contribution in [0.3, 0.4) is 0 Å². The molecule has 0 aliphatic carbocycles. The van der Waals surface area contributed by atoms with E-state index in [9.17, 15) is 4.79 Å². The Balaban J connectivity index is 2.81. The number of rotatable bonds is 1. The van der Waals surface area contributed by atoms with Gasteiger partial charge < -0.3 is 5.11 Å². The van der Waals surface area contributed by atoms with Gasteiger partial charge in [0.2, 0.25) is 0 Å². The van der Waals surface area contributed by atoms with E-state index in [4.69, 9.17) is 5.11 Å². The van der Waals surface area contributed by atoms with Crippen LogP contribution >= 0.6 is 0 Å². The Morgan fingerprint density at radius 1 is 1.17 bits per heavy atom. The molecule has 59 valence electrons. The van der Waals surface area contributed by atoms with Gasteiger partial charge in [-0.15, -0.1) is 5.98 Å². The van der Waals surface area contributed by atoms with Crippen molar-refractivity contribution in [3.05, 3.63) is 47.9 Å². The van der Waals surface area contributed by atoms with E-state index >= 15 is 0 Å². The van der Waals surface area contributed by atoms with Crippen LogP contribution in [0.25, 0.3) is 0 Å². The Morgan fingerprint density at radius 2 is 1.83 bits per heavy atom. The molecule has 0 amide bonds. The summed E-state index contributed by atoms with van der Waals surface area (Å²) in [7, 11) is 1.56. The van der Waals surface area contributed by atoms with E-state index in [0.29, 0.717) is 0 Å². The van der Waals surface area contributed by atoms with Crippen LogP contribution in [0, 0.1) is 0 Å². The maximum atomic E-state index is 10.5. The van der Waals surface area contributed by atoms with Crippen molar-refractivity contribution in [2.45, 2.75) is 0 Å². The first-order chi connectivity index (χ1) is 5.80.